The molecule has 0 amide bonds. The van der Waals surface area contributed by atoms with E-state index < -0.39 is 10.1 Å². The van der Waals surface area contributed by atoms with Crippen LogP contribution in [0.4, 0.5) is 0 Å². The number of hydrogen-bond donors (Lipinski definition) is 1. The summed E-state index contributed by atoms with van der Waals surface area (Å²) in [6.07, 6.45) is 0.478. The van der Waals surface area contributed by atoms with Crippen LogP contribution < -0.4 is 0 Å². The largest absolute Gasteiger partial charge is 0.466 e. The third-order valence-corrected chi connectivity index (χ3v) is 3.84. The molecule has 7 heteroatoms. The number of hydrogen-bond acceptors (Lipinski definition) is 4. The number of rotatable bonds is 4. The number of ether oxygens (including phenoxy) is 1. The molecule has 2 aromatic rings. The minimum atomic E-state index is -4.27. The zero-order chi connectivity index (χ0) is 14.8. The average Bonchev–Trinajstić information content (AvgIpc) is 2.36. The minimum Gasteiger partial charge on any atom is -0.466 e. The van der Waals surface area contributed by atoms with Crippen LogP contribution >= 0.6 is 0 Å². The van der Waals surface area contributed by atoms with Gasteiger partial charge >= 0.3 is 5.97 Å². The molecule has 2 rings (SSSR count). The van der Waals surface area contributed by atoms with Gasteiger partial charge in [0.25, 0.3) is 10.1 Å². The summed E-state index contributed by atoms with van der Waals surface area (Å²) in [7, 11) is -4.27. The number of carbonyl (C=O) groups is 1. The van der Waals surface area contributed by atoms with E-state index in [1.165, 1.54) is 13.0 Å². The van der Waals surface area contributed by atoms with Crippen LogP contribution in [0.2, 0.25) is 0 Å². The maximum Gasteiger partial charge on any atom is 0.302 e. The zero-order valence-corrected chi connectivity index (χ0v) is 15.8. The van der Waals surface area contributed by atoms with Crippen LogP contribution in [0.25, 0.3) is 10.8 Å². The van der Waals surface area contributed by atoms with Crippen molar-refractivity contribution in [2.24, 2.45) is 0 Å². The van der Waals surface area contributed by atoms with E-state index in [0.29, 0.717) is 11.8 Å². The molecule has 0 aliphatic rings. The van der Waals surface area contributed by atoms with E-state index in [9.17, 15) is 17.8 Å². The summed E-state index contributed by atoms with van der Waals surface area (Å²) in [4.78, 5) is 10.6. The first kappa shape index (κ1) is 18.8. The van der Waals surface area contributed by atoms with E-state index in [2.05, 4.69) is 0 Å². The van der Waals surface area contributed by atoms with Gasteiger partial charge in [-0.2, -0.15) is 8.42 Å². The van der Waals surface area contributed by atoms with Gasteiger partial charge in [0.1, 0.15) is 4.90 Å². The smallest absolute Gasteiger partial charge is 0.302 e. The number of fused-ring (bicyclic) bond motifs is 1. The second-order valence-electron chi connectivity index (χ2n) is 4.33. The standard InChI is InChI=1S/C14H14O5S.K/c1-10(15)19-9-8-11-4-2-6-13-12(11)5-3-7-14(13)20(16,17)18;/h2-7H,8-9H2,1H3,(H,16,17,18);. The quantitative estimate of drug-likeness (QED) is 0.524. The van der Waals surface area contributed by atoms with Crippen LogP contribution in [0.15, 0.2) is 41.3 Å². The van der Waals surface area contributed by atoms with E-state index in [-0.39, 0.29) is 68.9 Å². The molecular weight excluding hydrogens is 319 g/mol. The molecule has 0 saturated carbocycles. The van der Waals surface area contributed by atoms with Gasteiger partial charge in [0.2, 0.25) is 0 Å². The molecule has 0 unspecified atom stereocenters. The second kappa shape index (κ2) is 7.82. The second-order valence-corrected chi connectivity index (χ2v) is 5.72. The predicted molar refractivity (Wildman–Crippen MR) is 79.9 cm³/mol. The Morgan fingerprint density at radius 2 is 1.76 bits per heavy atom. The first-order valence-corrected chi connectivity index (χ1v) is 7.45. The summed E-state index contributed by atoms with van der Waals surface area (Å²) in [6.45, 7) is 1.56. The Bertz CT molecular complexity index is 755. The number of benzene rings is 2. The van der Waals surface area contributed by atoms with Gasteiger partial charge in [0.15, 0.2) is 0 Å². The van der Waals surface area contributed by atoms with Crippen molar-refractivity contribution in [3.63, 3.8) is 0 Å². The molecule has 1 radical (unpaired) electrons. The van der Waals surface area contributed by atoms with Crippen molar-refractivity contribution in [2.75, 3.05) is 6.61 Å². The molecule has 0 heterocycles. The number of carbonyl (C=O) groups excluding carboxylic acids is 1. The summed E-state index contributed by atoms with van der Waals surface area (Å²) in [5, 5.41) is 1.17. The molecular formula is C14H14KO5S. The van der Waals surface area contributed by atoms with E-state index in [4.69, 9.17) is 4.74 Å². The Morgan fingerprint density at radius 3 is 2.38 bits per heavy atom. The molecule has 107 valence electrons. The predicted octanol–water partition coefficient (Wildman–Crippen LogP) is 1.81. The van der Waals surface area contributed by atoms with Crippen molar-refractivity contribution >= 4 is 78.2 Å². The molecule has 5 nitrogen and oxygen atoms in total. The fraction of sp³-hybridized carbons (Fsp3) is 0.214. The molecule has 0 aromatic heterocycles. The molecule has 0 aliphatic carbocycles. The zero-order valence-electron chi connectivity index (χ0n) is 11.9. The van der Waals surface area contributed by atoms with Crippen LogP contribution in [0.3, 0.4) is 0 Å². The maximum atomic E-state index is 11.3. The number of esters is 1. The molecule has 21 heavy (non-hydrogen) atoms. The molecule has 0 spiro atoms. The van der Waals surface area contributed by atoms with Crippen LogP contribution in [0, 0.1) is 0 Å². The molecule has 2 aromatic carbocycles. The van der Waals surface area contributed by atoms with Crippen molar-refractivity contribution in [3.05, 3.63) is 42.0 Å². The van der Waals surface area contributed by atoms with Crippen molar-refractivity contribution in [1.82, 2.24) is 0 Å². The Kier molecular flexibility index (Phi) is 6.99. The van der Waals surface area contributed by atoms with E-state index in [1.54, 1.807) is 24.3 Å². The van der Waals surface area contributed by atoms with Crippen LogP contribution in [-0.4, -0.2) is 76.9 Å². The SMILES string of the molecule is CC(=O)OCCc1cccc2c(S(=O)(=O)O)cccc12.[K]. The summed E-state index contributed by atoms with van der Waals surface area (Å²) in [6, 6.07) is 9.87. The fourth-order valence-corrected chi connectivity index (χ4v) is 2.80. The molecule has 0 bridgehead atoms. The van der Waals surface area contributed by atoms with Gasteiger partial charge in [-0.3, -0.25) is 9.35 Å². The Labute approximate surface area is 165 Å². The van der Waals surface area contributed by atoms with Crippen molar-refractivity contribution in [3.8, 4) is 0 Å². The summed E-state index contributed by atoms with van der Waals surface area (Å²) in [5.74, 6) is -0.358. The van der Waals surface area contributed by atoms with Gasteiger partial charge in [0.05, 0.1) is 6.61 Å². The van der Waals surface area contributed by atoms with Crippen molar-refractivity contribution in [1.29, 1.82) is 0 Å². The molecule has 1 N–H and O–H groups in total. The van der Waals surface area contributed by atoms with Gasteiger partial charge in [-0.1, -0.05) is 30.3 Å². The first-order chi connectivity index (χ1) is 9.39. The third-order valence-electron chi connectivity index (χ3n) is 2.93. The van der Waals surface area contributed by atoms with E-state index in [1.807, 2.05) is 6.07 Å². The van der Waals surface area contributed by atoms with Gasteiger partial charge in [0, 0.05) is 70.1 Å². The Hall–Kier alpha value is -0.284. The molecule has 0 fully saturated rings. The normalized spacial score (nSPS) is 11.0. The minimum absolute atomic E-state index is 0. The van der Waals surface area contributed by atoms with Gasteiger partial charge in [-0.05, 0) is 17.0 Å². The summed E-state index contributed by atoms with van der Waals surface area (Å²) < 4.78 is 36.8. The van der Waals surface area contributed by atoms with E-state index >= 15 is 0 Å². The van der Waals surface area contributed by atoms with E-state index in [0.717, 1.165) is 10.9 Å². The average molecular weight is 333 g/mol. The fourth-order valence-electron chi connectivity index (χ4n) is 2.09. The molecule has 0 saturated heterocycles. The van der Waals surface area contributed by atoms with Crippen molar-refractivity contribution < 1.29 is 22.5 Å². The van der Waals surface area contributed by atoms with Crippen molar-refractivity contribution in [2.45, 2.75) is 18.2 Å². The summed E-state index contributed by atoms with van der Waals surface area (Å²) >= 11 is 0. The van der Waals surface area contributed by atoms with Crippen LogP contribution in [-0.2, 0) is 26.1 Å². The van der Waals surface area contributed by atoms with Crippen LogP contribution in [0.5, 0.6) is 0 Å². The third kappa shape index (κ3) is 4.85. The van der Waals surface area contributed by atoms with Gasteiger partial charge in [-0.25, -0.2) is 0 Å². The van der Waals surface area contributed by atoms with Gasteiger partial charge < -0.3 is 4.74 Å². The summed E-state index contributed by atoms with van der Waals surface area (Å²) in [5.41, 5.74) is 0.856. The molecule has 0 atom stereocenters. The van der Waals surface area contributed by atoms with Gasteiger partial charge in [-0.15, -0.1) is 0 Å². The monoisotopic (exact) mass is 333 g/mol. The maximum absolute atomic E-state index is 11.3. The Balaban J connectivity index is 0.00000220. The Morgan fingerprint density at radius 1 is 1.14 bits per heavy atom. The first-order valence-electron chi connectivity index (χ1n) is 6.01. The van der Waals surface area contributed by atoms with Crippen LogP contribution in [0.1, 0.15) is 12.5 Å². The topological polar surface area (TPSA) is 80.7 Å². The molecule has 0 aliphatic heterocycles.